The zero-order valence-electron chi connectivity index (χ0n) is 13.7. The maximum Gasteiger partial charge on any atom is 0.261 e. The molecule has 0 aliphatic heterocycles. The fourth-order valence-corrected chi connectivity index (χ4v) is 2.02. The highest BCUT2D eigenvalue weighted by molar-refractivity contribution is 6.06. The van der Waals surface area contributed by atoms with E-state index < -0.39 is 5.91 Å². The molecule has 0 unspecified atom stereocenters. The minimum atomic E-state index is -0.438. The van der Waals surface area contributed by atoms with Crippen molar-refractivity contribution in [2.75, 3.05) is 13.7 Å². The number of nitrogens with zero attached hydrogens (tertiary/aromatic N) is 2. The van der Waals surface area contributed by atoms with Gasteiger partial charge in [0.2, 0.25) is 5.91 Å². The summed E-state index contributed by atoms with van der Waals surface area (Å²) in [5, 5.41) is 9.24. The number of hydrogen-bond donors (Lipinski definition) is 0. The fourth-order valence-electron chi connectivity index (χ4n) is 2.02. The molecule has 0 aliphatic carbocycles. The molecule has 0 N–H and O–H groups in total. The van der Waals surface area contributed by atoms with E-state index in [1.807, 2.05) is 19.9 Å². The van der Waals surface area contributed by atoms with Crippen molar-refractivity contribution in [3.05, 3.63) is 29.3 Å². The first kappa shape index (κ1) is 17.7. The third kappa shape index (κ3) is 4.08. The van der Waals surface area contributed by atoms with Gasteiger partial charge in [-0.1, -0.05) is 27.7 Å². The minimum absolute atomic E-state index is 0.149. The maximum atomic E-state index is 12.7. The van der Waals surface area contributed by atoms with Crippen molar-refractivity contribution in [3.63, 3.8) is 0 Å². The molecular formula is C17H22N2O3. The predicted octanol–water partition coefficient (Wildman–Crippen LogP) is 2.85. The first-order valence-corrected chi connectivity index (χ1v) is 7.25. The molecule has 5 nitrogen and oxygen atoms in total. The molecule has 5 heteroatoms. The van der Waals surface area contributed by atoms with E-state index >= 15 is 0 Å². The Bertz CT molecular complexity index is 600. The number of imide groups is 1. The molecular weight excluding hydrogens is 280 g/mol. The summed E-state index contributed by atoms with van der Waals surface area (Å²) in [4.78, 5) is 26.3. The molecule has 0 bridgehead atoms. The molecule has 0 spiro atoms. The third-order valence-electron chi connectivity index (χ3n) is 3.13. The Kier molecular flexibility index (Phi) is 6.11. The van der Waals surface area contributed by atoms with Gasteiger partial charge in [-0.15, -0.1) is 0 Å². The van der Waals surface area contributed by atoms with E-state index in [0.29, 0.717) is 12.3 Å². The minimum Gasteiger partial charge on any atom is -0.497 e. The molecule has 1 aromatic carbocycles. The lowest BCUT2D eigenvalue weighted by atomic mass is 10.0. The second-order valence-corrected chi connectivity index (χ2v) is 5.83. The van der Waals surface area contributed by atoms with Crippen LogP contribution in [-0.2, 0) is 4.79 Å². The number of ether oxygens (including phenoxy) is 1. The van der Waals surface area contributed by atoms with Crippen molar-refractivity contribution >= 4 is 11.8 Å². The summed E-state index contributed by atoms with van der Waals surface area (Å²) in [5.41, 5.74) is 0.424. The third-order valence-corrected chi connectivity index (χ3v) is 3.13. The van der Waals surface area contributed by atoms with Gasteiger partial charge in [0, 0.05) is 12.5 Å². The number of amides is 2. The highest BCUT2D eigenvalue weighted by Gasteiger charge is 2.27. The number of hydrogen-bond acceptors (Lipinski definition) is 4. The van der Waals surface area contributed by atoms with Crippen LogP contribution in [0.5, 0.6) is 5.75 Å². The largest absolute Gasteiger partial charge is 0.497 e. The number of rotatable bonds is 5. The van der Waals surface area contributed by atoms with Gasteiger partial charge in [-0.05, 0) is 24.1 Å². The Hall–Kier alpha value is -2.35. The van der Waals surface area contributed by atoms with Gasteiger partial charge < -0.3 is 4.74 Å². The predicted molar refractivity (Wildman–Crippen MR) is 83.4 cm³/mol. The smallest absolute Gasteiger partial charge is 0.261 e. The maximum absolute atomic E-state index is 12.7. The van der Waals surface area contributed by atoms with Gasteiger partial charge in [-0.3, -0.25) is 14.5 Å². The molecule has 0 heterocycles. The topological polar surface area (TPSA) is 70.4 Å². The summed E-state index contributed by atoms with van der Waals surface area (Å²) in [6.07, 6.45) is 0. The van der Waals surface area contributed by atoms with E-state index in [1.165, 1.54) is 24.1 Å². The molecule has 0 aliphatic rings. The number of carbonyl (C=O) groups is 2. The van der Waals surface area contributed by atoms with Crippen molar-refractivity contribution in [2.24, 2.45) is 11.8 Å². The summed E-state index contributed by atoms with van der Waals surface area (Å²) in [5.74, 6) is -0.314. The van der Waals surface area contributed by atoms with Gasteiger partial charge in [0.15, 0.2) is 0 Å². The van der Waals surface area contributed by atoms with Crippen LogP contribution in [0, 0.1) is 23.2 Å². The molecule has 0 fully saturated rings. The van der Waals surface area contributed by atoms with Crippen molar-refractivity contribution in [2.45, 2.75) is 27.7 Å². The van der Waals surface area contributed by atoms with Crippen molar-refractivity contribution in [1.82, 2.24) is 4.90 Å². The van der Waals surface area contributed by atoms with E-state index in [-0.39, 0.29) is 28.9 Å². The fraction of sp³-hybridized carbons (Fsp3) is 0.471. The first-order chi connectivity index (χ1) is 10.3. The molecule has 0 aromatic heterocycles. The Morgan fingerprint density at radius 1 is 1.27 bits per heavy atom. The molecule has 0 radical (unpaired) electrons. The zero-order valence-corrected chi connectivity index (χ0v) is 13.7. The molecule has 22 heavy (non-hydrogen) atoms. The number of nitriles is 1. The van der Waals surface area contributed by atoms with Crippen LogP contribution in [0.15, 0.2) is 18.2 Å². The highest BCUT2D eigenvalue weighted by Crippen LogP contribution is 2.20. The summed E-state index contributed by atoms with van der Waals surface area (Å²) in [6, 6.07) is 6.63. The number of benzene rings is 1. The zero-order chi connectivity index (χ0) is 16.9. The van der Waals surface area contributed by atoms with E-state index in [9.17, 15) is 14.9 Å². The van der Waals surface area contributed by atoms with E-state index in [0.717, 1.165) is 0 Å². The van der Waals surface area contributed by atoms with Crippen LogP contribution in [0.3, 0.4) is 0 Å². The van der Waals surface area contributed by atoms with E-state index in [4.69, 9.17) is 4.74 Å². The van der Waals surface area contributed by atoms with Crippen LogP contribution in [0.4, 0.5) is 0 Å². The van der Waals surface area contributed by atoms with Crippen molar-refractivity contribution < 1.29 is 14.3 Å². The van der Waals surface area contributed by atoms with Crippen molar-refractivity contribution in [3.8, 4) is 11.8 Å². The van der Waals surface area contributed by atoms with Gasteiger partial charge in [0.25, 0.3) is 5.91 Å². The lowest BCUT2D eigenvalue weighted by Gasteiger charge is -2.25. The van der Waals surface area contributed by atoms with Gasteiger partial charge in [0.05, 0.1) is 18.2 Å². The van der Waals surface area contributed by atoms with Crippen LogP contribution >= 0.6 is 0 Å². The second-order valence-electron chi connectivity index (χ2n) is 5.83. The number of carbonyl (C=O) groups excluding carboxylic acids is 2. The van der Waals surface area contributed by atoms with Crippen LogP contribution in [0.25, 0.3) is 0 Å². The van der Waals surface area contributed by atoms with E-state index in [2.05, 4.69) is 0 Å². The van der Waals surface area contributed by atoms with Crippen molar-refractivity contribution in [1.29, 1.82) is 5.26 Å². The Morgan fingerprint density at radius 2 is 1.91 bits per heavy atom. The normalized spacial score (nSPS) is 10.5. The van der Waals surface area contributed by atoms with Crippen LogP contribution in [-0.4, -0.2) is 30.4 Å². The summed E-state index contributed by atoms with van der Waals surface area (Å²) >= 11 is 0. The molecule has 0 atom stereocenters. The summed E-state index contributed by atoms with van der Waals surface area (Å²) in [7, 11) is 1.49. The molecule has 0 saturated heterocycles. The molecule has 0 saturated carbocycles. The summed E-state index contributed by atoms with van der Waals surface area (Å²) in [6.45, 7) is 7.71. The Morgan fingerprint density at radius 3 is 2.36 bits per heavy atom. The molecule has 1 aromatic rings. The second kappa shape index (κ2) is 7.60. The SMILES string of the molecule is COc1ccc(C(=O)N(CC(C)C)C(=O)C(C)C)c(C#N)c1. The first-order valence-electron chi connectivity index (χ1n) is 7.25. The van der Waals surface area contributed by atoms with Crippen LogP contribution in [0.1, 0.15) is 43.6 Å². The lowest BCUT2D eigenvalue weighted by Crippen LogP contribution is -2.42. The average molecular weight is 302 g/mol. The van der Waals surface area contributed by atoms with Gasteiger partial charge in [-0.25, -0.2) is 0 Å². The average Bonchev–Trinajstić information content (AvgIpc) is 2.50. The molecule has 2 amide bonds. The Balaban J connectivity index is 3.24. The quantitative estimate of drug-likeness (QED) is 0.838. The van der Waals surface area contributed by atoms with Crippen LogP contribution in [0.2, 0.25) is 0 Å². The standard InChI is InChI=1S/C17H22N2O3/c1-11(2)10-19(16(20)12(3)4)17(21)15-7-6-14(22-5)8-13(15)9-18/h6-8,11-12H,10H2,1-5H3. The molecule has 1 rings (SSSR count). The monoisotopic (exact) mass is 302 g/mol. The highest BCUT2D eigenvalue weighted by atomic mass is 16.5. The number of methoxy groups -OCH3 is 1. The summed E-state index contributed by atoms with van der Waals surface area (Å²) < 4.78 is 5.06. The van der Waals surface area contributed by atoms with Crippen LogP contribution < -0.4 is 4.74 Å². The van der Waals surface area contributed by atoms with Gasteiger partial charge in [0.1, 0.15) is 11.8 Å². The lowest BCUT2D eigenvalue weighted by molar-refractivity contribution is -0.132. The Labute approximate surface area is 131 Å². The van der Waals surface area contributed by atoms with Gasteiger partial charge >= 0.3 is 0 Å². The van der Waals surface area contributed by atoms with Gasteiger partial charge in [-0.2, -0.15) is 5.26 Å². The molecule has 118 valence electrons. The van der Waals surface area contributed by atoms with E-state index in [1.54, 1.807) is 19.9 Å².